The molecule has 0 aliphatic heterocycles. The van der Waals surface area contributed by atoms with Crippen molar-refractivity contribution in [3.05, 3.63) is 126 Å². The van der Waals surface area contributed by atoms with Crippen molar-refractivity contribution >= 4 is 17.8 Å². The summed E-state index contributed by atoms with van der Waals surface area (Å²) in [6, 6.07) is 27.1. The number of Topliss-reactive ketones (excluding diaryl/α,β-unsaturated/α-hetero) is 1. The molecule has 9 nitrogen and oxygen atoms in total. The van der Waals surface area contributed by atoms with Gasteiger partial charge >= 0.3 is 6.09 Å². The van der Waals surface area contributed by atoms with Crippen molar-refractivity contribution in [1.82, 2.24) is 20.2 Å². The zero-order valence-corrected chi connectivity index (χ0v) is 24.9. The van der Waals surface area contributed by atoms with E-state index in [4.69, 9.17) is 10.5 Å². The number of alkyl carbamates (subject to hydrolysis) is 1. The molecule has 1 unspecified atom stereocenters. The van der Waals surface area contributed by atoms with Crippen LogP contribution in [0.25, 0.3) is 0 Å². The minimum Gasteiger partial charge on any atom is -0.445 e. The van der Waals surface area contributed by atoms with Gasteiger partial charge in [-0.25, -0.2) is 9.78 Å². The zero-order valence-electron chi connectivity index (χ0n) is 24.9. The average molecular weight is 594 g/mol. The quantitative estimate of drug-likeness (QED) is 0.183. The highest BCUT2D eigenvalue weighted by atomic mass is 16.5. The van der Waals surface area contributed by atoms with Gasteiger partial charge in [-0.15, -0.1) is 0 Å². The van der Waals surface area contributed by atoms with E-state index in [-0.39, 0.29) is 30.6 Å². The average Bonchev–Trinajstić information content (AvgIpc) is 3.56. The highest BCUT2D eigenvalue weighted by molar-refractivity contribution is 5.93. The maximum Gasteiger partial charge on any atom is 0.408 e. The van der Waals surface area contributed by atoms with Gasteiger partial charge in [0.25, 0.3) is 0 Å². The smallest absolute Gasteiger partial charge is 0.408 e. The Morgan fingerprint density at radius 3 is 2.20 bits per heavy atom. The number of hydrogen-bond acceptors (Lipinski definition) is 6. The second kappa shape index (κ2) is 14.1. The SMILES string of the molecule is C[C@@H](c1ccccc1)N(C(=O)[C@H](Cc1cnc[nH]1)NC(=O)OCc1ccccc1)C(N)C(=O)CC1(c2ccccc2)CCC1. The fourth-order valence-electron chi connectivity index (χ4n) is 5.92. The number of aromatic amines is 1. The number of carbonyl (C=O) groups is 3. The summed E-state index contributed by atoms with van der Waals surface area (Å²) in [6.07, 6.45) is 4.24. The van der Waals surface area contributed by atoms with Crippen LogP contribution in [0.4, 0.5) is 4.79 Å². The van der Waals surface area contributed by atoms with E-state index in [1.54, 1.807) is 6.20 Å². The molecule has 4 N–H and O–H groups in total. The second-order valence-electron chi connectivity index (χ2n) is 11.5. The maximum absolute atomic E-state index is 14.4. The molecule has 1 aliphatic carbocycles. The van der Waals surface area contributed by atoms with Gasteiger partial charge in [0.1, 0.15) is 18.8 Å². The second-order valence-corrected chi connectivity index (χ2v) is 11.5. The summed E-state index contributed by atoms with van der Waals surface area (Å²) in [5, 5.41) is 2.74. The van der Waals surface area contributed by atoms with Gasteiger partial charge in [-0.1, -0.05) is 97.4 Å². The highest BCUT2D eigenvalue weighted by Crippen LogP contribution is 2.47. The van der Waals surface area contributed by atoms with Crippen LogP contribution >= 0.6 is 0 Å². The summed E-state index contributed by atoms with van der Waals surface area (Å²) >= 11 is 0. The van der Waals surface area contributed by atoms with E-state index in [0.717, 1.165) is 36.0 Å². The largest absolute Gasteiger partial charge is 0.445 e. The molecule has 44 heavy (non-hydrogen) atoms. The number of ketones is 1. The van der Waals surface area contributed by atoms with Crippen molar-refractivity contribution in [2.75, 3.05) is 0 Å². The van der Waals surface area contributed by atoms with Crippen molar-refractivity contribution in [2.45, 2.75) is 69.3 Å². The molecule has 2 amide bonds. The lowest BCUT2D eigenvalue weighted by atomic mass is 9.61. The number of carbonyl (C=O) groups excluding carboxylic acids is 3. The van der Waals surface area contributed by atoms with E-state index >= 15 is 0 Å². The molecule has 1 saturated carbocycles. The summed E-state index contributed by atoms with van der Waals surface area (Å²) in [4.78, 5) is 49.9. The predicted molar refractivity (Wildman–Crippen MR) is 167 cm³/mol. The molecule has 0 radical (unpaired) electrons. The molecule has 0 spiro atoms. The number of nitrogens with two attached hydrogens (primary N) is 1. The summed E-state index contributed by atoms with van der Waals surface area (Å²) in [6.45, 7) is 1.89. The van der Waals surface area contributed by atoms with Gasteiger partial charge in [0.05, 0.1) is 12.4 Å². The number of hydrogen-bond donors (Lipinski definition) is 3. The van der Waals surface area contributed by atoms with Gasteiger partial charge in [-0.3, -0.25) is 9.59 Å². The van der Waals surface area contributed by atoms with Crippen molar-refractivity contribution in [1.29, 1.82) is 0 Å². The normalized spacial score (nSPS) is 15.7. The van der Waals surface area contributed by atoms with Crippen LogP contribution in [0.5, 0.6) is 0 Å². The molecular formula is C35H39N5O4. The maximum atomic E-state index is 14.4. The first-order valence-electron chi connectivity index (χ1n) is 15.0. The number of nitrogens with one attached hydrogen (secondary N) is 2. The molecule has 1 heterocycles. The third-order valence-electron chi connectivity index (χ3n) is 8.57. The predicted octanol–water partition coefficient (Wildman–Crippen LogP) is 5.20. The Morgan fingerprint density at radius 2 is 1.61 bits per heavy atom. The molecule has 3 atom stereocenters. The molecule has 4 aromatic rings. The third kappa shape index (κ3) is 7.23. The lowest BCUT2D eigenvalue weighted by Gasteiger charge is -2.44. The van der Waals surface area contributed by atoms with Gasteiger partial charge < -0.3 is 25.7 Å². The summed E-state index contributed by atoms with van der Waals surface area (Å²) in [5.41, 5.74) is 9.82. The highest BCUT2D eigenvalue weighted by Gasteiger charge is 2.44. The summed E-state index contributed by atoms with van der Waals surface area (Å²) < 4.78 is 5.45. The molecule has 1 aliphatic rings. The van der Waals surface area contributed by atoms with Crippen LogP contribution in [0.2, 0.25) is 0 Å². The van der Waals surface area contributed by atoms with Crippen molar-refractivity contribution < 1.29 is 19.1 Å². The molecule has 0 bridgehead atoms. The number of ether oxygens (including phenoxy) is 1. The Labute approximate surface area is 257 Å². The van der Waals surface area contributed by atoms with Crippen LogP contribution in [0, 0.1) is 0 Å². The minimum absolute atomic E-state index is 0.0430. The fourth-order valence-corrected chi connectivity index (χ4v) is 5.92. The molecular weight excluding hydrogens is 554 g/mol. The van der Waals surface area contributed by atoms with Crippen molar-refractivity contribution in [3.8, 4) is 0 Å². The lowest BCUT2D eigenvalue weighted by molar-refractivity contribution is -0.144. The van der Waals surface area contributed by atoms with Crippen LogP contribution in [0.15, 0.2) is 104 Å². The zero-order chi connectivity index (χ0) is 30.9. The number of nitrogens with zero attached hydrogens (tertiary/aromatic N) is 2. The third-order valence-corrected chi connectivity index (χ3v) is 8.57. The standard InChI is InChI=1S/C35H39N5O4/c1-25(27-14-7-3-8-15-27)40(32(36)31(41)21-35(18-11-19-35)28-16-9-4-10-17-28)33(42)30(20-29-22-37-24-38-29)39-34(43)44-23-26-12-5-2-6-13-26/h2-10,12-17,22,24-25,30,32H,11,18-21,23,36H2,1H3,(H,37,38)(H,39,43)/t25-,30-,32?/m0/s1. The molecule has 228 valence electrons. The number of imidazole rings is 1. The van der Waals surface area contributed by atoms with Gasteiger partial charge in [0, 0.05) is 30.1 Å². The number of rotatable bonds is 13. The van der Waals surface area contributed by atoms with E-state index < -0.39 is 30.2 Å². The molecule has 1 fully saturated rings. The van der Waals surface area contributed by atoms with E-state index in [0.29, 0.717) is 5.69 Å². The first-order chi connectivity index (χ1) is 21.4. The van der Waals surface area contributed by atoms with Crippen LogP contribution in [-0.2, 0) is 32.8 Å². The lowest BCUT2D eigenvalue weighted by Crippen LogP contribution is -2.59. The van der Waals surface area contributed by atoms with Crippen LogP contribution < -0.4 is 11.1 Å². The van der Waals surface area contributed by atoms with E-state index in [9.17, 15) is 14.4 Å². The molecule has 5 rings (SSSR count). The van der Waals surface area contributed by atoms with Crippen LogP contribution in [0.1, 0.15) is 61.0 Å². The number of benzene rings is 3. The van der Waals surface area contributed by atoms with Crippen LogP contribution in [-0.4, -0.2) is 44.9 Å². The Hall–Kier alpha value is -4.76. The number of aromatic nitrogens is 2. The van der Waals surface area contributed by atoms with Gasteiger partial charge in [-0.05, 0) is 36.5 Å². The first-order valence-corrected chi connectivity index (χ1v) is 15.0. The van der Waals surface area contributed by atoms with Gasteiger partial charge in [0.15, 0.2) is 5.78 Å². The Bertz CT molecular complexity index is 1510. The van der Waals surface area contributed by atoms with Crippen molar-refractivity contribution in [3.63, 3.8) is 0 Å². The van der Waals surface area contributed by atoms with E-state index in [1.165, 1.54) is 11.2 Å². The summed E-state index contributed by atoms with van der Waals surface area (Å²) in [7, 11) is 0. The Morgan fingerprint density at radius 1 is 0.977 bits per heavy atom. The Balaban J connectivity index is 1.40. The van der Waals surface area contributed by atoms with E-state index in [1.807, 2.05) is 85.8 Å². The first kappa shape index (κ1) is 30.7. The molecule has 9 heteroatoms. The van der Waals surface area contributed by atoms with Crippen molar-refractivity contribution in [2.24, 2.45) is 5.73 Å². The van der Waals surface area contributed by atoms with Gasteiger partial charge in [-0.2, -0.15) is 0 Å². The van der Waals surface area contributed by atoms with E-state index in [2.05, 4.69) is 27.4 Å². The summed E-state index contributed by atoms with van der Waals surface area (Å²) in [5.74, 6) is -0.715. The molecule has 1 aromatic heterocycles. The molecule has 0 saturated heterocycles. The van der Waals surface area contributed by atoms with Gasteiger partial charge in [0.2, 0.25) is 5.91 Å². The topological polar surface area (TPSA) is 130 Å². The Kier molecular flexibility index (Phi) is 9.86. The number of amides is 2. The minimum atomic E-state index is -1.23. The fraction of sp³-hybridized carbons (Fsp3) is 0.314. The van der Waals surface area contributed by atoms with Crippen LogP contribution in [0.3, 0.4) is 0 Å². The number of H-pyrrole nitrogens is 1. The monoisotopic (exact) mass is 593 g/mol. The molecule has 3 aromatic carbocycles.